The third kappa shape index (κ3) is 3.42. The molecule has 1 aromatic heterocycles. The topological polar surface area (TPSA) is 53.5 Å². The highest BCUT2D eigenvalue weighted by Crippen LogP contribution is 2.25. The molecule has 1 atom stereocenters. The molecule has 6 heteroatoms. The summed E-state index contributed by atoms with van der Waals surface area (Å²) >= 11 is 1.44. The van der Waals surface area contributed by atoms with Crippen molar-refractivity contribution in [2.75, 3.05) is 18.5 Å². The second kappa shape index (κ2) is 6.50. The fraction of sp³-hybridized carbons (Fsp3) is 0.353. The SMILES string of the molecule is Cc1csc(N(C)C(=O)C2CC(=O)N(Cc3ccccc3)C2)n1. The molecule has 1 aliphatic rings. The zero-order valence-corrected chi connectivity index (χ0v) is 14.0. The summed E-state index contributed by atoms with van der Waals surface area (Å²) in [7, 11) is 1.73. The van der Waals surface area contributed by atoms with Gasteiger partial charge < -0.3 is 4.90 Å². The Kier molecular flexibility index (Phi) is 4.43. The third-order valence-corrected chi connectivity index (χ3v) is 5.04. The van der Waals surface area contributed by atoms with E-state index in [1.165, 1.54) is 11.3 Å². The molecule has 2 aromatic rings. The minimum absolute atomic E-state index is 0.0379. The lowest BCUT2D eigenvalue weighted by Crippen LogP contribution is -2.34. The van der Waals surface area contributed by atoms with Crippen molar-refractivity contribution >= 4 is 28.3 Å². The first-order valence-corrected chi connectivity index (χ1v) is 8.44. The number of likely N-dealkylation sites (tertiary alicyclic amines) is 1. The molecule has 5 nitrogen and oxygen atoms in total. The van der Waals surface area contributed by atoms with Crippen LogP contribution in [0.1, 0.15) is 17.7 Å². The van der Waals surface area contributed by atoms with Gasteiger partial charge in [0.1, 0.15) is 0 Å². The van der Waals surface area contributed by atoms with Crippen LogP contribution in [0.5, 0.6) is 0 Å². The van der Waals surface area contributed by atoms with E-state index in [0.29, 0.717) is 18.2 Å². The van der Waals surface area contributed by atoms with Crippen molar-refractivity contribution in [3.8, 4) is 0 Å². The van der Waals surface area contributed by atoms with Gasteiger partial charge in [-0.25, -0.2) is 4.98 Å². The summed E-state index contributed by atoms with van der Waals surface area (Å²) in [5.74, 6) is -0.292. The first-order chi connectivity index (χ1) is 11.0. The van der Waals surface area contributed by atoms with Gasteiger partial charge in [-0.15, -0.1) is 11.3 Å². The molecule has 2 heterocycles. The number of benzene rings is 1. The number of thiazole rings is 1. The van der Waals surface area contributed by atoms with Crippen molar-refractivity contribution in [2.45, 2.75) is 19.9 Å². The monoisotopic (exact) mass is 329 g/mol. The highest BCUT2D eigenvalue weighted by Gasteiger charge is 2.36. The molecular weight excluding hydrogens is 310 g/mol. The Balaban J connectivity index is 1.66. The molecule has 23 heavy (non-hydrogen) atoms. The van der Waals surface area contributed by atoms with Gasteiger partial charge in [0.2, 0.25) is 11.8 Å². The molecule has 0 bridgehead atoms. The molecule has 1 aliphatic heterocycles. The maximum atomic E-state index is 12.6. The molecule has 3 rings (SSSR count). The lowest BCUT2D eigenvalue weighted by molar-refractivity contribution is -0.128. The summed E-state index contributed by atoms with van der Waals surface area (Å²) < 4.78 is 0. The Morgan fingerprint density at radius 2 is 2.13 bits per heavy atom. The van der Waals surface area contributed by atoms with Gasteiger partial charge in [-0.3, -0.25) is 14.5 Å². The van der Waals surface area contributed by atoms with Crippen LogP contribution >= 0.6 is 11.3 Å². The van der Waals surface area contributed by atoms with Crippen molar-refractivity contribution < 1.29 is 9.59 Å². The summed E-state index contributed by atoms with van der Waals surface area (Å²) in [6.45, 7) is 2.93. The molecule has 0 aliphatic carbocycles. The Labute approximate surface area is 139 Å². The Morgan fingerprint density at radius 3 is 2.78 bits per heavy atom. The van der Waals surface area contributed by atoms with Gasteiger partial charge in [0.15, 0.2) is 5.13 Å². The van der Waals surface area contributed by atoms with Crippen LogP contribution in [0.25, 0.3) is 0 Å². The molecule has 1 aromatic carbocycles. The second-order valence-electron chi connectivity index (χ2n) is 5.83. The number of hydrogen-bond donors (Lipinski definition) is 0. The van der Waals surface area contributed by atoms with E-state index < -0.39 is 0 Å². The van der Waals surface area contributed by atoms with Crippen molar-refractivity contribution in [2.24, 2.45) is 5.92 Å². The van der Waals surface area contributed by atoms with E-state index in [-0.39, 0.29) is 24.2 Å². The molecule has 0 saturated carbocycles. The number of carbonyl (C=O) groups excluding carboxylic acids is 2. The van der Waals surface area contributed by atoms with Crippen LogP contribution < -0.4 is 4.90 Å². The molecule has 1 fully saturated rings. The standard InChI is InChI=1S/C17H19N3O2S/c1-12-11-23-17(18-12)19(2)16(22)14-8-15(21)20(10-14)9-13-6-4-3-5-7-13/h3-7,11,14H,8-10H2,1-2H3. The Bertz CT molecular complexity index is 714. The van der Waals surface area contributed by atoms with Gasteiger partial charge in [0, 0.05) is 31.9 Å². The van der Waals surface area contributed by atoms with E-state index in [9.17, 15) is 9.59 Å². The molecule has 0 spiro atoms. The summed E-state index contributed by atoms with van der Waals surface area (Å²) in [6, 6.07) is 9.85. The summed E-state index contributed by atoms with van der Waals surface area (Å²) in [6.07, 6.45) is 0.278. The van der Waals surface area contributed by atoms with E-state index in [4.69, 9.17) is 0 Å². The van der Waals surface area contributed by atoms with Gasteiger partial charge >= 0.3 is 0 Å². The number of amides is 2. The summed E-state index contributed by atoms with van der Waals surface area (Å²) in [5.41, 5.74) is 1.98. The number of hydrogen-bond acceptors (Lipinski definition) is 4. The van der Waals surface area contributed by atoms with Crippen LogP contribution in [0.15, 0.2) is 35.7 Å². The summed E-state index contributed by atoms with van der Waals surface area (Å²) in [4.78, 5) is 32.5. The van der Waals surface area contributed by atoms with Crippen LogP contribution in [-0.4, -0.2) is 35.3 Å². The number of aryl methyl sites for hydroxylation is 1. The number of nitrogens with zero attached hydrogens (tertiary/aromatic N) is 3. The molecule has 0 N–H and O–H groups in total. The molecular formula is C17H19N3O2S. The van der Waals surface area contributed by atoms with E-state index in [2.05, 4.69) is 4.98 Å². The smallest absolute Gasteiger partial charge is 0.233 e. The van der Waals surface area contributed by atoms with Crippen LogP contribution in [-0.2, 0) is 16.1 Å². The first kappa shape index (κ1) is 15.7. The van der Waals surface area contributed by atoms with E-state index in [0.717, 1.165) is 11.3 Å². The van der Waals surface area contributed by atoms with Crippen molar-refractivity contribution in [1.29, 1.82) is 0 Å². The van der Waals surface area contributed by atoms with Gasteiger partial charge in [-0.1, -0.05) is 30.3 Å². The van der Waals surface area contributed by atoms with Crippen LogP contribution in [0.2, 0.25) is 0 Å². The van der Waals surface area contributed by atoms with E-state index in [1.807, 2.05) is 42.6 Å². The molecule has 0 radical (unpaired) electrons. The normalized spacial score (nSPS) is 17.6. The Morgan fingerprint density at radius 1 is 1.39 bits per heavy atom. The maximum absolute atomic E-state index is 12.6. The maximum Gasteiger partial charge on any atom is 0.233 e. The lowest BCUT2D eigenvalue weighted by atomic mass is 10.1. The molecule has 1 saturated heterocycles. The number of aromatic nitrogens is 1. The number of rotatable bonds is 4. The molecule has 120 valence electrons. The largest absolute Gasteiger partial charge is 0.338 e. The van der Waals surface area contributed by atoms with Crippen LogP contribution in [0.4, 0.5) is 5.13 Å². The highest BCUT2D eigenvalue weighted by atomic mass is 32.1. The van der Waals surface area contributed by atoms with Crippen molar-refractivity contribution in [3.05, 3.63) is 47.0 Å². The van der Waals surface area contributed by atoms with Gasteiger partial charge in [0.25, 0.3) is 0 Å². The molecule has 1 unspecified atom stereocenters. The first-order valence-electron chi connectivity index (χ1n) is 7.56. The number of carbonyl (C=O) groups is 2. The van der Waals surface area contributed by atoms with Gasteiger partial charge in [-0.2, -0.15) is 0 Å². The van der Waals surface area contributed by atoms with E-state index >= 15 is 0 Å². The zero-order chi connectivity index (χ0) is 16.4. The highest BCUT2D eigenvalue weighted by molar-refractivity contribution is 7.14. The number of anilines is 1. The van der Waals surface area contributed by atoms with Gasteiger partial charge in [-0.05, 0) is 12.5 Å². The lowest BCUT2D eigenvalue weighted by Gasteiger charge is -2.19. The predicted octanol–water partition coefficient (Wildman–Crippen LogP) is 2.46. The van der Waals surface area contributed by atoms with Crippen molar-refractivity contribution in [3.63, 3.8) is 0 Å². The fourth-order valence-electron chi connectivity index (χ4n) is 2.76. The zero-order valence-electron chi connectivity index (χ0n) is 13.2. The summed E-state index contributed by atoms with van der Waals surface area (Å²) in [5, 5.41) is 2.60. The van der Waals surface area contributed by atoms with Crippen LogP contribution in [0.3, 0.4) is 0 Å². The van der Waals surface area contributed by atoms with Crippen molar-refractivity contribution in [1.82, 2.24) is 9.88 Å². The third-order valence-electron chi connectivity index (χ3n) is 4.00. The fourth-order valence-corrected chi connectivity index (χ4v) is 3.53. The molecule has 2 amide bonds. The van der Waals surface area contributed by atoms with Crippen LogP contribution in [0, 0.1) is 12.8 Å². The minimum atomic E-state index is -0.291. The minimum Gasteiger partial charge on any atom is -0.338 e. The predicted molar refractivity (Wildman–Crippen MR) is 90.2 cm³/mol. The van der Waals surface area contributed by atoms with E-state index in [1.54, 1.807) is 16.8 Å². The quantitative estimate of drug-likeness (QED) is 0.866. The average molecular weight is 329 g/mol. The Hall–Kier alpha value is -2.21. The average Bonchev–Trinajstić information content (AvgIpc) is 3.14. The second-order valence-corrected chi connectivity index (χ2v) is 6.67. The van der Waals surface area contributed by atoms with Gasteiger partial charge in [0.05, 0.1) is 11.6 Å².